The van der Waals surface area contributed by atoms with Crippen LogP contribution in [0.5, 0.6) is 0 Å². The van der Waals surface area contributed by atoms with Gasteiger partial charge in [-0.05, 0) is 24.3 Å². The summed E-state index contributed by atoms with van der Waals surface area (Å²) in [6.45, 7) is 3.54. The molecule has 7 heteroatoms. The molecule has 1 N–H and O–H groups in total. The van der Waals surface area contributed by atoms with Gasteiger partial charge in [0.15, 0.2) is 0 Å². The van der Waals surface area contributed by atoms with Crippen LogP contribution < -0.4 is 5.32 Å². The van der Waals surface area contributed by atoms with Crippen molar-refractivity contribution < 1.29 is 4.79 Å². The molecule has 1 fully saturated rings. The van der Waals surface area contributed by atoms with Crippen molar-refractivity contribution in [2.75, 3.05) is 13.1 Å². The Kier molecular flexibility index (Phi) is 3.67. The molecule has 6 nitrogen and oxygen atoms in total. The van der Waals surface area contributed by atoms with Crippen LogP contribution in [0.3, 0.4) is 0 Å². The number of carbonyl (C=O) groups is 1. The number of thiophene rings is 1. The number of carbonyl (C=O) groups excluding carboxylic acids is 1. The average Bonchev–Trinajstić information content (AvgIpc) is 3.07. The lowest BCUT2D eigenvalue weighted by Gasteiger charge is -2.27. The van der Waals surface area contributed by atoms with Crippen LogP contribution in [0.2, 0.25) is 0 Å². The Morgan fingerprint density at radius 1 is 1.36 bits per heavy atom. The summed E-state index contributed by atoms with van der Waals surface area (Å²) >= 11 is 1.66. The van der Waals surface area contributed by atoms with E-state index in [9.17, 15) is 4.79 Å². The second kappa shape index (κ2) is 5.81. The molecule has 0 bridgehead atoms. The highest BCUT2D eigenvalue weighted by Gasteiger charge is 2.32. The van der Waals surface area contributed by atoms with E-state index in [1.165, 1.54) is 17.7 Å². The maximum Gasteiger partial charge on any atom is 0.234 e. The van der Waals surface area contributed by atoms with Crippen LogP contribution in [-0.2, 0) is 24.4 Å². The average molecular weight is 317 g/mol. The molecular weight excluding hydrogens is 298 g/mol. The lowest BCUT2D eigenvalue weighted by Crippen LogP contribution is -2.41. The van der Waals surface area contributed by atoms with Crippen LogP contribution in [0.4, 0.5) is 0 Å². The predicted molar refractivity (Wildman–Crippen MR) is 83.4 cm³/mol. The molecular formula is C15H19N5OS. The number of hydrogen-bond donors (Lipinski definition) is 1. The first kappa shape index (κ1) is 13.9. The number of amides is 1. The third-order valence-electron chi connectivity index (χ3n) is 4.21. The quantitative estimate of drug-likeness (QED) is 0.904. The summed E-state index contributed by atoms with van der Waals surface area (Å²) in [5, 5.41) is 13.6. The fraction of sp³-hybridized carbons (Fsp3) is 0.533. The summed E-state index contributed by atoms with van der Waals surface area (Å²) in [6, 6.07) is 4.04. The Hall–Kier alpha value is -1.73. The van der Waals surface area contributed by atoms with Gasteiger partial charge in [-0.25, -0.2) is 0 Å². The van der Waals surface area contributed by atoms with Gasteiger partial charge < -0.3 is 9.88 Å². The fourth-order valence-electron chi connectivity index (χ4n) is 2.87. The minimum Gasteiger partial charge on any atom is -0.350 e. The van der Waals surface area contributed by atoms with Crippen molar-refractivity contribution >= 4 is 17.2 Å². The standard InChI is InChI=1S/C15H19N5OS/c21-14(16-8-12-2-1-7-22-12)10-19-5-6-20-13(9-19)17-18-15(20)11-3-4-11/h1-2,7,11H,3-6,8-10H2,(H,16,21). The Balaban J connectivity index is 1.31. The van der Waals surface area contributed by atoms with Gasteiger partial charge in [-0.1, -0.05) is 6.07 Å². The van der Waals surface area contributed by atoms with E-state index < -0.39 is 0 Å². The van der Waals surface area contributed by atoms with Gasteiger partial charge in [0.05, 0.1) is 19.6 Å². The van der Waals surface area contributed by atoms with Crippen LogP contribution in [-0.4, -0.2) is 38.7 Å². The van der Waals surface area contributed by atoms with E-state index in [4.69, 9.17) is 0 Å². The smallest absolute Gasteiger partial charge is 0.234 e. The van der Waals surface area contributed by atoms with E-state index >= 15 is 0 Å². The summed E-state index contributed by atoms with van der Waals surface area (Å²) in [5.41, 5.74) is 0. The van der Waals surface area contributed by atoms with Crippen molar-refractivity contribution in [2.45, 2.75) is 38.4 Å². The van der Waals surface area contributed by atoms with Crippen molar-refractivity contribution in [1.82, 2.24) is 25.0 Å². The highest BCUT2D eigenvalue weighted by molar-refractivity contribution is 7.09. The summed E-state index contributed by atoms with van der Waals surface area (Å²) in [5.74, 6) is 2.85. The van der Waals surface area contributed by atoms with Gasteiger partial charge in [0.25, 0.3) is 0 Å². The summed E-state index contributed by atoms with van der Waals surface area (Å²) in [7, 11) is 0. The molecule has 22 heavy (non-hydrogen) atoms. The van der Waals surface area contributed by atoms with Gasteiger partial charge in [0.1, 0.15) is 11.6 Å². The van der Waals surface area contributed by atoms with E-state index in [2.05, 4.69) is 25.0 Å². The molecule has 1 aliphatic heterocycles. The molecule has 1 amide bonds. The number of aromatic nitrogens is 3. The van der Waals surface area contributed by atoms with Crippen molar-refractivity contribution in [3.63, 3.8) is 0 Å². The number of nitrogens with one attached hydrogen (secondary N) is 1. The Bertz CT molecular complexity index is 662. The van der Waals surface area contributed by atoms with Crippen LogP contribution >= 0.6 is 11.3 Å². The lowest BCUT2D eigenvalue weighted by molar-refractivity contribution is -0.122. The van der Waals surface area contributed by atoms with Crippen molar-refractivity contribution in [1.29, 1.82) is 0 Å². The molecule has 2 aromatic heterocycles. The molecule has 2 aromatic rings. The molecule has 0 saturated heterocycles. The lowest BCUT2D eigenvalue weighted by atomic mass is 10.3. The molecule has 0 unspecified atom stereocenters. The van der Waals surface area contributed by atoms with Gasteiger partial charge in [0.2, 0.25) is 5.91 Å². The van der Waals surface area contributed by atoms with Gasteiger partial charge in [0, 0.05) is 23.9 Å². The monoisotopic (exact) mass is 317 g/mol. The minimum atomic E-state index is 0.0729. The molecule has 0 aromatic carbocycles. The zero-order valence-corrected chi connectivity index (χ0v) is 13.2. The third-order valence-corrected chi connectivity index (χ3v) is 5.09. The Morgan fingerprint density at radius 2 is 2.27 bits per heavy atom. The molecule has 1 saturated carbocycles. The summed E-state index contributed by atoms with van der Waals surface area (Å²) in [6.07, 6.45) is 2.49. The van der Waals surface area contributed by atoms with Crippen LogP contribution in [0.1, 0.15) is 35.3 Å². The molecule has 0 atom stereocenters. The second-order valence-corrected chi connectivity index (χ2v) is 7.00. The van der Waals surface area contributed by atoms with Gasteiger partial charge in [-0.3, -0.25) is 9.69 Å². The predicted octanol–water partition coefficient (Wildman–Crippen LogP) is 1.35. The van der Waals surface area contributed by atoms with E-state index in [1.807, 2.05) is 17.5 Å². The number of hydrogen-bond acceptors (Lipinski definition) is 5. The minimum absolute atomic E-state index is 0.0729. The number of nitrogens with zero attached hydrogens (tertiary/aromatic N) is 4. The maximum atomic E-state index is 12.1. The van der Waals surface area contributed by atoms with Crippen LogP contribution in [0.15, 0.2) is 17.5 Å². The van der Waals surface area contributed by atoms with Crippen molar-refractivity contribution in [3.8, 4) is 0 Å². The van der Waals surface area contributed by atoms with Crippen molar-refractivity contribution in [3.05, 3.63) is 34.0 Å². The number of fused-ring (bicyclic) bond motifs is 1. The second-order valence-electron chi connectivity index (χ2n) is 5.97. The van der Waals surface area contributed by atoms with E-state index in [-0.39, 0.29) is 5.91 Å². The van der Waals surface area contributed by atoms with Gasteiger partial charge >= 0.3 is 0 Å². The molecule has 116 valence electrons. The topological polar surface area (TPSA) is 63.1 Å². The largest absolute Gasteiger partial charge is 0.350 e. The fourth-order valence-corrected chi connectivity index (χ4v) is 3.51. The highest BCUT2D eigenvalue weighted by Crippen LogP contribution is 2.39. The zero-order valence-electron chi connectivity index (χ0n) is 12.4. The molecule has 3 heterocycles. The van der Waals surface area contributed by atoms with Crippen molar-refractivity contribution in [2.24, 2.45) is 0 Å². The van der Waals surface area contributed by atoms with Crippen LogP contribution in [0, 0.1) is 0 Å². The molecule has 4 rings (SSSR count). The first-order valence-corrected chi connectivity index (χ1v) is 8.61. The third kappa shape index (κ3) is 2.91. The first-order valence-electron chi connectivity index (χ1n) is 7.73. The Morgan fingerprint density at radius 3 is 3.05 bits per heavy atom. The summed E-state index contributed by atoms with van der Waals surface area (Å²) < 4.78 is 2.25. The van der Waals surface area contributed by atoms with E-state index in [0.29, 0.717) is 25.6 Å². The first-order chi connectivity index (χ1) is 10.8. The van der Waals surface area contributed by atoms with Crippen LogP contribution in [0.25, 0.3) is 0 Å². The van der Waals surface area contributed by atoms with E-state index in [0.717, 1.165) is 24.7 Å². The number of rotatable bonds is 5. The molecule has 0 radical (unpaired) electrons. The highest BCUT2D eigenvalue weighted by atomic mass is 32.1. The van der Waals surface area contributed by atoms with Gasteiger partial charge in [-0.15, -0.1) is 21.5 Å². The molecule has 2 aliphatic rings. The summed E-state index contributed by atoms with van der Waals surface area (Å²) in [4.78, 5) is 15.4. The zero-order chi connectivity index (χ0) is 14.9. The van der Waals surface area contributed by atoms with Gasteiger partial charge in [-0.2, -0.15) is 0 Å². The maximum absolute atomic E-state index is 12.1. The SMILES string of the molecule is O=C(CN1CCn2c(nnc2C2CC2)C1)NCc1cccs1. The molecule has 0 spiro atoms. The Labute approximate surface area is 133 Å². The van der Waals surface area contributed by atoms with E-state index in [1.54, 1.807) is 11.3 Å². The normalized spacial score (nSPS) is 18.2. The molecule has 1 aliphatic carbocycles.